The Balaban J connectivity index is 1.51. The van der Waals surface area contributed by atoms with Gasteiger partial charge in [-0.25, -0.2) is 19.0 Å². The molecule has 1 atom stereocenters. The highest BCUT2D eigenvalue weighted by Gasteiger charge is 2.28. The Bertz CT molecular complexity index is 1430. The average Bonchev–Trinajstić information content (AvgIpc) is 3.25. The van der Waals surface area contributed by atoms with Crippen LogP contribution < -0.4 is 4.90 Å². The van der Waals surface area contributed by atoms with Crippen molar-refractivity contribution in [3.05, 3.63) is 76.5 Å². The van der Waals surface area contributed by atoms with Crippen LogP contribution in [0, 0.1) is 12.7 Å². The highest BCUT2D eigenvalue weighted by Crippen LogP contribution is 2.32. The number of fused-ring (bicyclic) bond motifs is 1. The third kappa shape index (κ3) is 4.90. The molecule has 7 nitrogen and oxygen atoms in total. The van der Waals surface area contributed by atoms with E-state index in [2.05, 4.69) is 18.7 Å². The van der Waals surface area contributed by atoms with E-state index in [9.17, 15) is 9.18 Å². The molecule has 0 unspecified atom stereocenters. The SMILES string of the molecule is CCC[C@@H](C)c1nc(N2CCN(C(=O)c3ccccc3Cl)CC2)c2c(C)nn(-c3ccc(F)cc3)c2n1. The second kappa shape index (κ2) is 10.5. The minimum atomic E-state index is -0.297. The summed E-state index contributed by atoms with van der Waals surface area (Å²) in [6, 6.07) is 13.4. The molecule has 192 valence electrons. The van der Waals surface area contributed by atoms with Crippen molar-refractivity contribution in [2.75, 3.05) is 31.1 Å². The van der Waals surface area contributed by atoms with E-state index in [0.29, 0.717) is 42.4 Å². The van der Waals surface area contributed by atoms with Crippen molar-refractivity contribution >= 4 is 34.4 Å². The summed E-state index contributed by atoms with van der Waals surface area (Å²) in [5.74, 6) is 1.42. The number of rotatable bonds is 6. The van der Waals surface area contributed by atoms with Crippen molar-refractivity contribution in [3.63, 3.8) is 0 Å². The van der Waals surface area contributed by atoms with Gasteiger partial charge in [0.05, 0.1) is 27.4 Å². The number of benzene rings is 2. The highest BCUT2D eigenvalue weighted by molar-refractivity contribution is 6.33. The van der Waals surface area contributed by atoms with Gasteiger partial charge in [0.1, 0.15) is 17.5 Å². The molecular weight excluding hydrogens is 491 g/mol. The monoisotopic (exact) mass is 520 g/mol. The van der Waals surface area contributed by atoms with Crippen LogP contribution in [0.3, 0.4) is 0 Å². The maximum atomic E-state index is 13.6. The summed E-state index contributed by atoms with van der Waals surface area (Å²) in [5.41, 5.74) is 2.78. The number of halogens is 2. The summed E-state index contributed by atoms with van der Waals surface area (Å²) in [5, 5.41) is 6.11. The first-order valence-electron chi connectivity index (χ1n) is 12.7. The first-order valence-corrected chi connectivity index (χ1v) is 13.1. The lowest BCUT2D eigenvalue weighted by atomic mass is 10.1. The molecular formula is C28H30ClFN6O. The Morgan fingerprint density at radius 2 is 1.76 bits per heavy atom. The summed E-state index contributed by atoms with van der Waals surface area (Å²) >= 11 is 6.27. The van der Waals surface area contributed by atoms with Crippen LogP contribution in [-0.2, 0) is 0 Å². The quantitative estimate of drug-likeness (QED) is 0.322. The number of aryl methyl sites for hydroxylation is 1. The molecule has 2 aromatic heterocycles. The summed E-state index contributed by atoms with van der Waals surface area (Å²) < 4.78 is 15.4. The van der Waals surface area contributed by atoms with Gasteiger partial charge in [0, 0.05) is 32.1 Å². The molecule has 5 rings (SSSR count). The van der Waals surface area contributed by atoms with Crippen LogP contribution in [0.25, 0.3) is 16.7 Å². The van der Waals surface area contributed by atoms with Crippen LogP contribution in [0.1, 0.15) is 54.5 Å². The second-order valence-electron chi connectivity index (χ2n) is 9.53. The van der Waals surface area contributed by atoms with Crippen molar-refractivity contribution in [1.29, 1.82) is 0 Å². The number of amides is 1. The minimum Gasteiger partial charge on any atom is -0.352 e. The summed E-state index contributed by atoms with van der Waals surface area (Å²) in [4.78, 5) is 27.1. The third-order valence-electron chi connectivity index (χ3n) is 6.90. The van der Waals surface area contributed by atoms with Gasteiger partial charge < -0.3 is 9.80 Å². The molecule has 0 aliphatic carbocycles. The summed E-state index contributed by atoms with van der Waals surface area (Å²) in [6.07, 6.45) is 1.99. The number of hydrogen-bond donors (Lipinski definition) is 0. The van der Waals surface area contributed by atoms with Gasteiger partial charge in [0.25, 0.3) is 5.91 Å². The van der Waals surface area contributed by atoms with E-state index < -0.39 is 0 Å². The number of anilines is 1. The van der Waals surface area contributed by atoms with Crippen molar-refractivity contribution < 1.29 is 9.18 Å². The van der Waals surface area contributed by atoms with E-state index in [-0.39, 0.29) is 17.6 Å². The normalized spacial score (nSPS) is 14.8. The van der Waals surface area contributed by atoms with Crippen molar-refractivity contribution in [1.82, 2.24) is 24.6 Å². The van der Waals surface area contributed by atoms with Crippen LogP contribution >= 0.6 is 11.6 Å². The zero-order chi connectivity index (χ0) is 26.1. The predicted octanol–water partition coefficient (Wildman–Crippen LogP) is 5.78. The lowest BCUT2D eigenvalue weighted by Crippen LogP contribution is -2.49. The molecule has 2 aromatic carbocycles. The van der Waals surface area contributed by atoms with Crippen LogP contribution in [0.15, 0.2) is 48.5 Å². The van der Waals surface area contributed by atoms with E-state index in [1.54, 1.807) is 28.9 Å². The standard InChI is InChI=1S/C28H30ClFN6O/c1-4-7-18(2)25-31-26(24-19(3)33-36(27(24)32-25)21-12-10-20(30)11-13-21)34-14-16-35(17-15-34)28(37)22-8-5-6-9-23(22)29/h5-6,8-13,18H,4,7,14-17H2,1-3H3/t18-/m1/s1. The maximum absolute atomic E-state index is 13.6. The van der Waals surface area contributed by atoms with Crippen molar-refractivity contribution in [3.8, 4) is 5.69 Å². The fourth-order valence-electron chi connectivity index (χ4n) is 4.88. The number of hydrogen-bond acceptors (Lipinski definition) is 5. The molecule has 4 aromatic rings. The fraction of sp³-hybridized carbons (Fsp3) is 0.357. The Kier molecular flexibility index (Phi) is 7.11. The first-order chi connectivity index (χ1) is 17.9. The molecule has 0 spiro atoms. The Morgan fingerprint density at radius 1 is 1.05 bits per heavy atom. The maximum Gasteiger partial charge on any atom is 0.255 e. The smallest absolute Gasteiger partial charge is 0.255 e. The number of piperazine rings is 1. The summed E-state index contributed by atoms with van der Waals surface area (Å²) in [7, 11) is 0. The number of nitrogens with zero attached hydrogens (tertiary/aromatic N) is 6. The van der Waals surface area contributed by atoms with Gasteiger partial charge in [-0.1, -0.05) is 44.0 Å². The number of aromatic nitrogens is 4. The molecule has 0 saturated carbocycles. The zero-order valence-corrected chi connectivity index (χ0v) is 22.0. The predicted molar refractivity (Wildman–Crippen MR) is 144 cm³/mol. The zero-order valence-electron chi connectivity index (χ0n) is 21.3. The van der Waals surface area contributed by atoms with E-state index in [1.807, 2.05) is 24.0 Å². The molecule has 3 heterocycles. The Hall–Kier alpha value is -3.52. The van der Waals surface area contributed by atoms with Crippen LogP contribution in [-0.4, -0.2) is 56.7 Å². The van der Waals surface area contributed by atoms with E-state index in [1.165, 1.54) is 12.1 Å². The van der Waals surface area contributed by atoms with E-state index >= 15 is 0 Å². The number of carbonyl (C=O) groups excluding carboxylic acids is 1. The van der Waals surface area contributed by atoms with Gasteiger partial charge in [-0.3, -0.25) is 4.79 Å². The van der Waals surface area contributed by atoms with Crippen LogP contribution in [0.2, 0.25) is 5.02 Å². The highest BCUT2D eigenvalue weighted by atomic mass is 35.5. The van der Waals surface area contributed by atoms with Gasteiger partial charge in [0.2, 0.25) is 0 Å². The molecule has 0 radical (unpaired) electrons. The molecule has 1 fully saturated rings. The lowest BCUT2D eigenvalue weighted by molar-refractivity contribution is 0.0746. The third-order valence-corrected chi connectivity index (χ3v) is 7.23. The van der Waals surface area contributed by atoms with Crippen LogP contribution in [0.5, 0.6) is 0 Å². The van der Waals surface area contributed by atoms with Crippen LogP contribution in [0.4, 0.5) is 10.2 Å². The second-order valence-corrected chi connectivity index (χ2v) is 9.93. The van der Waals surface area contributed by atoms with E-state index in [0.717, 1.165) is 41.3 Å². The summed E-state index contributed by atoms with van der Waals surface area (Å²) in [6.45, 7) is 8.61. The molecule has 1 saturated heterocycles. The van der Waals surface area contributed by atoms with Gasteiger partial charge >= 0.3 is 0 Å². The molecule has 37 heavy (non-hydrogen) atoms. The molecule has 9 heteroatoms. The lowest BCUT2D eigenvalue weighted by Gasteiger charge is -2.36. The van der Waals surface area contributed by atoms with E-state index in [4.69, 9.17) is 26.7 Å². The first kappa shape index (κ1) is 25.1. The van der Waals surface area contributed by atoms with Gasteiger partial charge in [0.15, 0.2) is 5.65 Å². The average molecular weight is 521 g/mol. The molecule has 0 N–H and O–H groups in total. The van der Waals surface area contributed by atoms with Crippen molar-refractivity contribution in [2.45, 2.75) is 39.5 Å². The van der Waals surface area contributed by atoms with Crippen molar-refractivity contribution in [2.24, 2.45) is 0 Å². The Labute approximate surface area is 220 Å². The molecule has 1 aliphatic heterocycles. The molecule has 1 aliphatic rings. The van der Waals surface area contributed by atoms with Gasteiger partial charge in [-0.15, -0.1) is 0 Å². The van der Waals surface area contributed by atoms with Gasteiger partial charge in [-0.2, -0.15) is 5.10 Å². The number of carbonyl (C=O) groups is 1. The minimum absolute atomic E-state index is 0.0596. The molecule has 1 amide bonds. The molecule has 0 bridgehead atoms. The topological polar surface area (TPSA) is 67.2 Å². The largest absolute Gasteiger partial charge is 0.352 e. The Morgan fingerprint density at radius 3 is 2.43 bits per heavy atom. The fourth-order valence-corrected chi connectivity index (χ4v) is 5.09. The van der Waals surface area contributed by atoms with Gasteiger partial charge in [-0.05, 0) is 49.7 Å².